The summed E-state index contributed by atoms with van der Waals surface area (Å²) in [7, 11) is 0. The van der Waals surface area contributed by atoms with Crippen molar-refractivity contribution < 1.29 is 52.6 Å². The van der Waals surface area contributed by atoms with Crippen molar-refractivity contribution in [2.24, 2.45) is 0 Å². The van der Waals surface area contributed by atoms with E-state index in [4.69, 9.17) is 38.3 Å². The fraction of sp³-hybridized carbons (Fsp3) is 0.900. The number of aliphatic carboxylic acids is 1. The third kappa shape index (κ3) is 29.3. The number of carbonyl (C=O) groups excluding carboxylic acids is 1. The largest absolute Gasteiger partial charge is 0.480 e. The van der Waals surface area contributed by atoms with Crippen molar-refractivity contribution in [2.75, 3.05) is 117 Å². The maximum Gasteiger partial charge on any atom is 0.329 e. The smallest absolute Gasteiger partial charge is 0.329 e. The molecule has 0 aliphatic carbocycles. The van der Waals surface area contributed by atoms with Gasteiger partial charge in [-0.1, -0.05) is 22.6 Å². The lowest BCUT2D eigenvalue weighted by atomic mass is 10.6. The first-order chi connectivity index (χ1) is 16.2. The van der Waals surface area contributed by atoms with Gasteiger partial charge in [0.15, 0.2) is 0 Å². The molecule has 12 nitrogen and oxygen atoms in total. The molecule has 0 saturated carbocycles. The molecule has 0 aromatic carbocycles. The summed E-state index contributed by atoms with van der Waals surface area (Å²) in [5.74, 6) is -1.51. The fourth-order valence-electron chi connectivity index (χ4n) is 2.02. The van der Waals surface area contributed by atoms with Crippen LogP contribution < -0.4 is 5.32 Å². The highest BCUT2D eigenvalue weighted by Crippen LogP contribution is 1.86. The van der Waals surface area contributed by atoms with Crippen LogP contribution in [0.1, 0.15) is 0 Å². The van der Waals surface area contributed by atoms with Gasteiger partial charge in [-0.15, -0.1) is 0 Å². The lowest BCUT2D eigenvalue weighted by Crippen LogP contribution is -2.31. The second-order valence-electron chi connectivity index (χ2n) is 6.21. The monoisotopic (exact) mass is 595 g/mol. The van der Waals surface area contributed by atoms with Gasteiger partial charge in [-0.25, -0.2) is 4.79 Å². The Labute approximate surface area is 209 Å². The zero-order valence-electron chi connectivity index (χ0n) is 19.1. The maximum atomic E-state index is 11.3. The predicted molar refractivity (Wildman–Crippen MR) is 126 cm³/mol. The molecule has 0 spiro atoms. The van der Waals surface area contributed by atoms with E-state index in [-0.39, 0.29) is 6.61 Å². The molecule has 196 valence electrons. The number of alkyl halides is 1. The first-order valence-corrected chi connectivity index (χ1v) is 12.4. The van der Waals surface area contributed by atoms with Crippen LogP contribution in [0.4, 0.5) is 0 Å². The van der Waals surface area contributed by atoms with Crippen molar-refractivity contribution >= 4 is 34.5 Å². The summed E-state index contributed by atoms with van der Waals surface area (Å²) < 4.78 is 43.1. The first kappa shape index (κ1) is 32.4. The highest BCUT2D eigenvalue weighted by Gasteiger charge is 2.03. The molecular weight excluding hydrogens is 557 g/mol. The maximum absolute atomic E-state index is 11.3. The number of rotatable bonds is 27. The van der Waals surface area contributed by atoms with Gasteiger partial charge in [0.1, 0.15) is 13.2 Å². The van der Waals surface area contributed by atoms with Gasteiger partial charge in [0.05, 0.1) is 92.5 Å². The Morgan fingerprint density at radius 3 is 1.27 bits per heavy atom. The summed E-state index contributed by atoms with van der Waals surface area (Å²) in [4.78, 5) is 21.5. The van der Waals surface area contributed by atoms with Crippen LogP contribution in [0.2, 0.25) is 0 Å². The van der Waals surface area contributed by atoms with E-state index in [1.165, 1.54) is 0 Å². The highest BCUT2D eigenvalue weighted by atomic mass is 127. The van der Waals surface area contributed by atoms with Crippen LogP contribution in [0.5, 0.6) is 0 Å². The molecule has 0 aliphatic rings. The van der Waals surface area contributed by atoms with Gasteiger partial charge in [0.2, 0.25) is 5.91 Å². The summed E-state index contributed by atoms with van der Waals surface area (Å²) >= 11 is 2.26. The van der Waals surface area contributed by atoms with Crippen LogP contribution in [0.15, 0.2) is 0 Å². The van der Waals surface area contributed by atoms with Crippen molar-refractivity contribution in [1.82, 2.24) is 5.32 Å². The van der Waals surface area contributed by atoms with Crippen molar-refractivity contribution in [3.63, 3.8) is 0 Å². The van der Waals surface area contributed by atoms with Crippen molar-refractivity contribution in [3.05, 3.63) is 0 Å². The number of carbonyl (C=O) groups is 2. The lowest BCUT2D eigenvalue weighted by molar-refractivity contribution is -0.143. The summed E-state index contributed by atoms with van der Waals surface area (Å²) in [6.45, 7) is 6.59. The number of halogens is 1. The topological polar surface area (TPSA) is 140 Å². The van der Waals surface area contributed by atoms with Crippen LogP contribution >= 0.6 is 22.6 Å². The van der Waals surface area contributed by atoms with Gasteiger partial charge in [0, 0.05) is 11.0 Å². The van der Waals surface area contributed by atoms with Gasteiger partial charge < -0.3 is 48.3 Å². The molecule has 0 fully saturated rings. The minimum atomic E-state index is -1.12. The molecule has 0 aromatic rings. The number of hydrogen-bond acceptors (Lipinski definition) is 10. The number of ether oxygens (including phenoxy) is 8. The highest BCUT2D eigenvalue weighted by molar-refractivity contribution is 14.1. The molecule has 0 unspecified atom stereocenters. The molecule has 0 heterocycles. The zero-order valence-corrected chi connectivity index (χ0v) is 21.3. The standard InChI is InChI=1S/C20H38INO11/c21-1-3-26-5-7-28-9-11-30-13-15-32-16-14-31-12-10-29-8-6-27-4-2-22-19(23)17-33-18-20(24)25/h1-18H2,(H,22,23)(H,24,25). The molecule has 0 aliphatic heterocycles. The molecule has 0 rings (SSSR count). The van der Waals surface area contributed by atoms with E-state index < -0.39 is 18.5 Å². The number of amides is 1. The third-order valence-corrected chi connectivity index (χ3v) is 3.92. The normalized spacial score (nSPS) is 11.1. The molecule has 13 heteroatoms. The molecule has 0 radical (unpaired) electrons. The average molecular weight is 595 g/mol. The van der Waals surface area contributed by atoms with E-state index in [0.29, 0.717) is 92.4 Å². The van der Waals surface area contributed by atoms with Crippen LogP contribution in [-0.4, -0.2) is 134 Å². The molecule has 0 aromatic heterocycles. The molecule has 33 heavy (non-hydrogen) atoms. The van der Waals surface area contributed by atoms with E-state index in [9.17, 15) is 9.59 Å². The Morgan fingerprint density at radius 2 is 0.909 bits per heavy atom. The molecule has 1 amide bonds. The number of carboxylic acids is 1. The van der Waals surface area contributed by atoms with Crippen LogP contribution in [-0.2, 0) is 47.5 Å². The van der Waals surface area contributed by atoms with Crippen LogP contribution in [0, 0.1) is 0 Å². The van der Waals surface area contributed by atoms with Crippen LogP contribution in [0.25, 0.3) is 0 Å². The van der Waals surface area contributed by atoms with Crippen molar-refractivity contribution in [3.8, 4) is 0 Å². The Bertz CT molecular complexity index is 446. The second kappa shape index (κ2) is 27.6. The van der Waals surface area contributed by atoms with Crippen molar-refractivity contribution in [2.45, 2.75) is 0 Å². The minimum absolute atomic E-state index is 0.292. The van der Waals surface area contributed by atoms with Crippen LogP contribution in [0.3, 0.4) is 0 Å². The fourth-order valence-corrected chi connectivity index (χ4v) is 2.33. The van der Waals surface area contributed by atoms with Gasteiger partial charge in [0.25, 0.3) is 0 Å². The second-order valence-corrected chi connectivity index (χ2v) is 7.29. The Hall–Kier alpha value is -0.650. The Kier molecular flexibility index (Phi) is 27.0. The minimum Gasteiger partial charge on any atom is -0.480 e. The summed E-state index contributed by atoms with van der Waals surface area (Å²) in [6, 6.07) is 0. The molecule has 0 atom stereocenters. The SMILES string of the molecule is O=C(O)COCC(=O)NCCOCCOCCOCCOCCOCCOCCOCCI. The molecule has 2 N–H and O–H groups in total. The van der Waals surface area contributed by atoms with Gasteiger partial charge in [-0.2, -0.15) is 0 Å². The van der Waals surface area contributed by atoms with Crippen molar-refractivity contribution in [1.29, 1.82) is 0 Å². The summed E-state index contributed by atoms with van der Waals surface area (Å²) in [6.07, 6.45) is 0. The van der Waals surface area contributed by atoms with E-state index in [1.54, 1.807) is 0 Å². The predicted octanol–water partition coefficient (Wildman–Crippen LogP) is -0.245. The Morgan fingerprint density at radius 1 is 0.545 bits per heavy atom. The van der Waals surface area contributed by atoms with E-state index in [0.717, 1.165) is 11.0 Å². The van der Waals surface area contributed by atoms with E-state index in [2.05, 4.69) is 32.6 Å². The first-order valence-electron chi connectivity index (χ1n) is 10.8. The number of hydrogen-bond donors (Lipinski definition) is 2. The third-order valence-electron chi connectivity index (χ3n) is 3.48. The molecular formula is C20H38INO11. The number of carboxylic acid groups (broad SMARTS) is 1. The van der Waals surface area contributed by atoms with E-state index >= 15 is 0 Å². The molecule has 0 saturated heterocycles. The summed E-state index contributed by atoms with van der Waals surface area (Å²) in [5, 5.41) is 10.9. The quantitative estimate of drug-likeness (QED) is 0.0739. The average Bonchev–Trinajstić information content (AvgIpc) is 2.79. The Balaban J connectivity index is 3.09. The number of nitrogens with one attached hydrogen (secondary N) is 1. The lowest BCUT2D eigenvalue weighted by Gasteiger charge is -2.08. The van der Waals surface area contributed by atoms with Gasteiger partial charge >= 0.3 is 5.97 Å². The van der Waals surface area contributed by atoms with E-state index in [1.807, 2.05) is 0 Å². The molecule has 0 bridgehead atoms. The van der Waals surface area contributed by atoms with Gasteiger partial charge in [-0.05, 0) is 0 Å². The van der Waals surface area contributed by atoms with Gasteiger partial charge in [-0.3, -0.25) is 4.79 Å². The summed E-state index contributed by atoms with van der Waals surface area (Å²) in [5.41, 5.74) is 0. The zero-order chi connectivity index (χ0) is 24.2.